The second-order valence-electron chi connectivity index (χ2n) is 5.32. The van der Waals surface area contributed by atoms with E-state index in [0.717, 1.165) is 14.8 Å². The van der Waals surface area contributed by atoms with Crippen LogP contribution in [0.5, 0.6) is 0 Å². The summed E-state index contributed by atoms with van der Waals surface area (Å²) in [4.78, 5) is 23.7. The molecule has 0 bridgehead atoms. The largest absolute Gasteiger partial charge is 0.326 e. The highest BCUT2D eigenvalue weighted by molar-refractivity contribution is 14.1. The van der Waals surface area contributed by atoms with Crippen molar-refractivity contribution in [1.29, 1.82) is 0 Å². The Kier molecular flexibility index (Phi) is 7.39. The molecule has 0 heterocycles. The fourth-order valence-electron chi connectivity index (χ4n) is 2.02. The molecule has 2 aromatic rings. The summed E-state index contributed by atoms with van der Waals surface area (Å²) in [6.45, 7) is 1.92. The first kappa shape index (κ1) is 19.4. The van der Waals surface area contributed by atoms with Crippen LogP contribution in [-0.4, -0.2) is 18.0 Å². The van der Waals surface area contributed by atoms with Crippen LogP contribution in [0.15, 0.2) is 47.6 Å². The Morgan fingerprint density at radius 1 is 1.16 bits per heavy atom. The molecule has 5 nitrogen and oxygen atoms in total. The van der Waals surface area contributed by atoms with Gasteiger partial charge in [0.15, 0.2) is 0 Å². The topological polar surface area (TPSA) is 70.6 Å². The van der Waals surface area contributed by atoms with Gasteiger partial charge in [-0.25, -0.2) is 5.43 Å². The Balaban J connectivity index is 1.77. The number of rotatable bonds is 6. The van der Waals surface area contributed by atoms with Crippen molar-refractivity contribution in [3.05, 3.63) is 62.2 Å². The van der Waals surface area contributed by atoms with Crippen LogP contribution < -0.4 is 10.7 Å². The predicted molar refractivity (Wildman–Crippen MR) is 109 cm³/mol. The Morgan fingerprint density at radius 3 is 2.60 bits per heavy atom. The molecule has 0 saturated heterocycles. The third-order valence-corrected chi connectivity index (χ3v) is 4.35. The van der Waals surface area contributed by atoms with E-state index >= 15 is 0 Å². The van der Waals surface area contributed by atoms with Crippen LogP contribution in [0.2, 0.25) is 5.02 Å². The Hall–Kier alpha value is -1.93. The molecule has 2 aromatic carbocycles. The molecule has 0 unspecified atom stereocenters. The van der Waals surface area contributed by atoms with Gasteiger partial charge in [0.2, 0.25) is 11.8 Å². The summed E-state index contributed by atoms with van der Waals surface area (Å²) in [7, 11) is 0. The average Bonchev–Trinajstić information content (AvgIpc) is 2.57. The fourth-order valence-corrected chi connectivity index (χ4v) is 2.85. The van der Waals surface area contributed by atoms with Crippen molar-refractivity contribution in [2.24, 2.45) is 5.10 Å². The highest BCUT2D eigenvalue weighted by Gasteiger charge is 2.08. The van der Waals surface area contributed by atoms with E-state index in [1.165, 1.54) is 6.21 Å². The first-order valence-corrected chi connectivity index (χ1v) is 9.04. The van der Waals surface area contributed by atoms with E-state index in [4.69, 9.17) is 11.6 Å². The van der Waals surface area contributed by atoms with Gasteiger partial charge in [-0.3, -0.25) is 9.59 Å². The van der Waals surface area contributed by atoms with Crippen LogP contribution in [0, 0.1) is 10.5 Å². The Morgan fingerprint density at radius 2 is 1.88 bits per heavy atom. The quantitative estimate of drug-likeness (QED) is 0.379. The molecule has 2 amide bonds. The van der Waals surface area contributed by atoms with Gasteiger partial charge in [-0.1, -0.05) is 29.8 Å². The van der Waals surface area contributed by atoms with Crippen molar-refractivity contribution in [3.63, 3.8) is 0 Å². The van der Waals surface area contributed by atoms with Crippen molar-refractivity contribution in [1.82, 2.24) is 5.43 Å². The summed E-state index contributed by atoms with van der Waals surface area (Å²) in [6.07, 6.45) is 1.60. The lowest BCUT2D eigenvalue weighted by atomic mass is 10.2. The summed E-state index contributed by atoms with van der Waals surface area (Å²) >= 11 is 8.20. The zero-order valence-corrected chi connectivity index (χ0v) is 16.5. The van der Waals surface area contributed by atoms with Gasteiger partial charge in [-0.2, -0.15) is 5.10 Å². The molecule has 0 aliphatic rings. The number of benzene rings is 2. The zero-order valence-electron chi connectivity index (χ0n) is 13.6. The Labute approximate surface area is 165 Å². The number of hydrogen-bond donors (Lipinski definition) is 2. The highest BCUT2D eigenvalue weighted by atomic mass is 127. The number of amides is 2. The number of carbonyl (C=O) groups is 2. The number of nitrogens with zero attached hydrogens (tertiary/aromatic N) is 1. The van der Waals surface area contributed by atoms with E-state index in [1.807, 2.05) is 37.3 Å². The highest BCUT2D eigenvalue weighted by Crippen LogP contribution is 2.18. The number of hydrogen-bond acceptors (Lipinski definition) is 3. The second kappa shape index (κ2) is 9.53. The molecule has 2 N–H and O–H groups in total. The van der Waals surface area contributed by atoms with E-state index in [9.17, 15) is 9.59 Å². The minimum absolute atomic E-state index is 0.0507. The monoisotopic (exact) mass is 469 g/mol. The summed E-state index contributed by atoms with van der Waals surface area (Å²) in [5.74, 6) is -0.549. The van der Waals surface area contributed by atoms with E-state index in [0.29, 0.717) is 10.6 Å². The van der Waals surface area contributed by atoms with Gasteiger partial charge < -0.3 is 5.32 Å². The van der Waals surface area contributed by atoms with Crippen LogP contribution in [0.4, 0.5) is 5.69 Å². The fraction of sp³-hybridized carbons (Fsp3) is 0.167. The average molecular weight is 470 g/mol. The number of halogens is 2. The molecule has 0 aliphatic carbocycles. The molecule has 25 heavy (non-hydrogen) atoms. The maximum atomic E-state index is 11.9. The third-order valence-electron chi connectivity index (χ3n) is 3.34. The third kappa shape index (κ3) is 6.47. The predicted octanol–water partition coefficient (Wildman–Crippen LogP) is 4.12. The van der Waals surface area contributed by atoms with Gasteiger partial charge in [0, 0.05) is 32.7 Å². The van der Waals surface area contributed by atoms with E-state index in [-0.39, 0.29) is 24.7 Å². The first-order chi connectivity index (χ1) is 12.0. The van der Waals surface area contributed by atoms with Gasteiger partial charge in [0.05, 0.1) is 6.21 Å². The Bertz CT molecular complexity index is 809. The maximum absolute atomic E-state index is 11.9. The lowest BCUT2D eigenvalue weighted by Gasteiger charge is -2.08. The minimum Gasteiger partial charge on any atom is -0.326 e. The molecule has 0 spiro atoms. The van der Waals surface area contributed by atoms with Crippen LogP contribution in [-0.2, 0) is 9.59 Å². The van der Waals surface area contributed by atoms with Crippen molar-refractivity contribution in [2.45, 2.75) is 19.8 Å². The van der Waals surface area contributed by atoms with E-state index in [1.54, 1.807) is 12.1 Å². The van der Waals surface area contributed by atoms with Crippen molar-refractivity contribution in [3.8, 4) is 0 Å². The van der Waals surface area contributed by atoms with Crippen molar-refractivity contribution in [2.75, 3.05) is 5.32 Å². The van der Waals surface area contributed by atoms with Crippen LogP contribution in [0.1, 0.15) is 24.0 Å². The molecule has 130 valence electrons. The van der Waals surface area contributed by atoms with Gasteiger partial charge >= 0.3 is 0 Å². The van der Waals surface area contributed by atoms with Crippen molar-refractivity contribution >= 4 is 57.9 Å². The van der Waals surface area contributed by atoms with Crippen LogP contribution in [0.3, 0.4) is 0 Å². The summed E-state index contributed by atoms with van der Waals surface area (Å²) < 4.78 is 1.10. The molecule has 0 saturated carbocycles. The molecular weight excluding hydrogens is 453 g/mol. The summed E-state index contributed by atoms with van der Waals surface area (Å²) in [6, 6.07) is 12.9. The SMILES string of the molecule is Cc1cc(I)ccc1NC(=O)CCC(=O)N/N=C/c1ccccc1Cl. The number of hydrazone groups is 1. The molecule has 7 heteroatoms. The van der Waals surface area contributed by atoms with Gasteiger partial charge in [0.1, 0.15) is 0 Å². The normalized spacial score (nSPS) is 10.7. The van der Waals surface area contributed by atoms with Crippen LogP contribution in [0.25, 0.3) is 0 Å². The molecule has 0 atom stereocenters. The van der Waals surface area contributed by atoms with Gasteiger partial charge in [-0.15, -0.1) is 0 Å². The number of nitrogens with one attached hydrogen (secondary N) is 2. The molecule has 0 radical (unpaired) electrons. The summed E-state index contributed by atoms with van der Waals surface area (Å²) in [5, 5.41) is 7.20. The molecule has 0 aromatic heterocycles. The van der Waals surface area contributed by atoms with E-state index < -0.39 is 0 Å². The lowest BCUT2D eigenvalue weighted by Crippen LogP contribution is -2.20. The van der Waals surface area contributed by atoms with Gasteiger partial charge in [-0.05, 0) is 59.3 Å². The number of aryl methyl sites for hydroxylation is 1. The zero-order chi connectivity index (χ0) is 18.2. The molecule has 2 rings (SSSR count). The summed E-state index contributed by atoms with van der Waals surface area (Å²) in [5.41, 5.74) is 4.83. The number of carbonyl (C=O) groups excluding carboxylic acids is 2. The molecular formula is C18H17ClIN3O2. The lowest BCUT2D eigenvalue weighted by molar-refractivity contribution is -0.124. The first-order valence-electron chi connectivity index (χ1n) is 7.58. The van der Waals surface area contributed by atoms with Crippen molar-refractivity contribution < 1.29 is 9.59 Å². The molecule has 0 fully saturated rings. The minimum atomic E-state index is -0.335. The van der Waals surface area contributed by atoms with Gasteiger partial charge in [0.25, 0.3) is 0 Å². The second-order valence-corrected chi connectivity index (χ2v) is 6.97. The standard InChI is InChI=1S/C18H17ClIN3O2/c1-12-10-14(20)6-7-16(12)22-17(24)8-9-18(25)23-21-11-13-4-2-3-5-15(13)19/h2-7,10-11H,8-9H2,1H3,(H,22,24)(H,23,25)/b21-11+. The maximum Gasteiger partial charge on any atom is 0.240 e. The van der Waals surface area contributed by atoms with E-state index in [2.05, 4.69) is 38.4 Å². The van der Waals surface area contributed by atoms with Crippen LogP contribution >= 0.6 is 34.2 Å². The smallest absolute Gasteiger partial charge is 0.240 e. The molecule has 0 aliphatic heterocycles. The number of anilines is 1.